The lowest BCUT2D eigenvalue weighted by molar-refractivity contribution is -0.142. The number of carbonyl (C=O) groups is 2. The zero-order valence-corrected chi connectivity index (χ0v) is 15.9. The van der Waals surface area contributed by atoms with E-state index in [4.69, 9.17) is 9.47 Å². The average Bonchev–Trinajstić information content (AvgIpc) is 2.70. The van der Waals surface area contributed by atoms with Crippen LogP contribution in [0.2, 0.25) is 0 Å². The minimum atomic E-state index is -0.872. The summed E-state index contributed by atoms with van der Waals surface area (Å²) in [5, 5.41) is 11.8. The average molecular weight is 379 g/mol. The molecule has 0 aliphatic carbocycles. The standard InChI is InChI=1S/C21H21N3O4/c1-24(2)18-9-7-17(8-10-18)23-20(25)14-28-21(26)16(13-22)11-15-5-4-6-19(12-15)27-3/h4-12H,14H2,1-3H3,(H,23,25)/b16-11+. The van der Waals surface area contributed by atoms with E-state index in [1.54, 1.807) is 42.5 Å². The molecular weight excluding hydrogens is 358 g/mol. The van der Waals surface area contributed by atoms with E-state index in [-0.39, 0.29) is 5.57 Å². The summed E-state index contributed by atoms with van der Waals surface area (Å²) < 4.78 is 10.0. The van der Waals surface area contributed by atoms with Gasteiger partial charge in [-0.05, 0) is 48.0 Å². The highest BCUT2D eigenvalue weighted by Crippen LogP contribution is 2.17. The first kappa shape index (κ1) is 20.5. The number of carbonyl (C=O) groups excluding carboxylic acids is 2. The normalized spacial score (nSPS) is 10.6. The Morgan fingerprint density at radius 2 is 1.89 bits per heavy atom. The number of benzene rings is 2. The number of rotatable bonds is 7. The van der Waals surface area contributed by atoms with Crippen LogP contribution in [-0.4, -0.2) is 39.7 Å². The van der Waals surface area contributed by atoms with Crippen LogP contribution in [0.5, 0.6) is 5.75 Å². The minimum absolute atomic E-state index is 0.212. The van der Waals surface area contributed by atoms with Crippen molar-refractivity contribution in [1.29, 1.82) is 5.26 Å². The van der Waals surface area contributed by atoms with Crippen molar-refractivity contribution < 1.29 is 19.1 Å². The predicted molar refractivity (Wildman–Crippen MR) is 107 cm³/mol. The first-order chi connectivity index (χ1) is 13.4. The Balaban J connectivity index is 1.94. The van der Waals surface area contributed by atoms with Gasteiger partial charge in [-0.1, -0.05) is 12.1 Å². The molecule has 0 radical (unpaired) electrons. The fraction of sp³-hybridized carbons (Fsp3) is 0.190. The second-order valence-electron chi connectivity index (χ2n) is 6.01. The number of hydrogen-bond donors (Lipinski definition) is 1. The number of amides is 1. The monoisotopic (exact) mass is 379 g/mol. The van der Waals surface area contributed by atoms with Crippen molar-refractivity contribution in [3.05, 3.63) is 59.7 Å². The van der Waals surface area contributed by atoms with Crippen molar-refractivity contribution in [3.63, 3.8) is 0 Å². The minimum Gasteiger partial charge on any atom is -0.497 e. The number of anilines is 2. The molecule has 1 N–H and O–H groups in total. The molecule has 0 aromatic heterocycles. The quantitative estimate of drug-likeness (QED) is 0.452. The molecule has 1 amide bonds. The summed E-state index contributed by atoms with van der Waals surface area (Å²) in [5.41, 5.74) is 1.97. The van der Waals surface area contributed by atoms with Crippen LogP contribution in [0, 0.1) is 11.3 Å². The van der Waals surface area contributed by atoms with E-state index >= 15 is 0 Å². The molecule has 28 heavy (non-hydrogen) atoms. The van der Waals surface area contributed by atoms with Gasteiger partial charge in [0.1, 0.15) is 17.4 Å². The van der Waals surface area contributed by atoms with Gasteiger partial charge in [0.15, 0.2) is 6.61 Å². The second-order valence-corrected chi connectivity index (χ2v) is 6.01. The molecule has 0 unspecified atom stereocenters. The highest BCUT2D eigenvalue weighted by molar-refractivity contribution is 6.00. The topological polar surface area (TPSA) is 91.7 Å². The van der Waals surface area contributed by atoms with E-state index in [1.807, 2.05) is 31.1 Å². The van der Waals surface area contributed by atoms with Gasteiger partial charge in [0.05, 0.1) is 7.11 Å². The van der Waals surface area contributed by atoms with E-state index < -0.39 is 18.5 Å². The summed E-state index contributed by atoms with van der Waals surface area (Å²) in [5.74, 6) is -0.771. The molecule has 7 nitrogen and oxygen atoms in total. The van der Waals surface area contributed by atoms with Crippen molar-refractivity contribution in [2.75, 3.05) is 38.0 Å². The van der Waals surface area contributed by atoms with Gasteiger partial charge in [0.2, 0.25) is 0 Å². The molecule has 0 spiro atoms. The molecule has 144 valence electrons. The lowest BCUT2D eigenvalue weighted by Crippen LogP contribution is -2.21. The molecule has 0 heterocycles. The Morgan fingerprint density at radius 3 is 2.50 bits per heavy atom. The molecule has 2 rings (SSSR count). The maximum Gasteiger partial charge on any atom is 0.349 e. The van der Waals surface area contributed by atoms with Crippen LogP contribution in [0.3, 0.4) is 0 Å². The van der Waals surface area contributed by atoms with Crippen LogP contribution in [0.1, 0.15) is 5.56 Å². The fourth-order valence-electron chi connectivity index (χ4n) is 2.28. The summed E-state index contributed by atoms with van der Waals surface area (Å²) >= 11 is 0. The van der Waals surface area contributed by atoms with Crippen LogP contribution in [0.15, 0.2) is 54.1 Å². The largest absolute Gasteiger partial charge is 0.497 e. The van der Waals surface area contributed by atoms with Crippen LogP contribution < -0.4 is 15.0 Å². The third kappa shape index (κ3) is 5.88. The van der Waals surface area contributed by atoms with E-state index in [1.165, 1.54) is 13.2 Å². The molecule has 2 aromatic carbocycles. The van der Waals surface area contributed by atoms with Gasteiger partial charge in [0, 0.05) is 25.5 Å². The van der Waals surface area contributed by atoms with E-state index in [0.29, 0.717) is 17.0 Å². The maximum atomic E-state index is 12.1. The van der Waals surface area contributed by atoms with Crippen LogP contribution in [0.25, 0.3) is 6.08 Å². The Labute approximate surface area is 163 Å². The van der Waals surface area contributed by atoms with Crippen molar-refractivity contribution in [3.8, 4) is 11.8 Å². The highest BCUT2D eigenvalue weighted by atomic mass is 16.5. The first-order valence-electron chi connectivity index (χ1n) is 8.43. The third-order valence-electron chi connectivity index (χ3n) is 3.75. The number of esters is 1. The number of nitrogens with zero attached hydrogens (tertiary/aromatic N) is 2. The number of nitrogens with one attached hydrogen (secondary N) is 1. The first-order valence-corrected chi connectivity index (χ1v) is 8.43. The lowest BCUT2D eigenvalue weighted by atomic mass is 10.1. The van der Waals surface area contributed by atoms with Crippen molar-refractivity contribution in [2.24, 2.45) is 0 Å². The Bertz CT molecular complexity index is 912. The molecule has 0 fully saturated rings. The van der Waals surface area contributed by atoms with Crippen molar-refractivity contribution >= 4 is 29.3 Å². The Morgan fingerprint density at radius 1 is 1.18 bits per heavy atom. The molecule has 0 saturated carbocycles. The van der Waals surface area contributed by atoms with Crippen LogP contribution >= 0.6 is 0 Å². The molecule has 7 heteroatoms. The Hall–Kier alpha value is -3.79. The molecular formula is C21H21N3O4. The third-order valence-corrected chi connectivity index (χ3v) is 3.75. The van der Waals surface area contributed by atoms with Gasteiger partial charge in [-0.3, -0.25) is 4.79 Å². The summed E-state index contributed by atoms with van der Waals surface area (Å²) in [6.07, 6.45) is 1.38. The van der Waals surface area contributed by atoms with Crippen LogP contribution in [-0.2, 0) is 14.3 Å². The molecule has 0 aliphatic rings. The zero-order valence-electron chi connectivity index (χ0n) is 15.9. The lowest BCUT2D eigenvalue weighted by Gasteiger charge is -2.13. The van der Waals surface area contributed by atoms with Crippen LogP contribution in [0.4, 0.5) is 11.4 Å². The highest BCUT2D eigenvalue weighted by Gasteiger charge is 2.13. The van der Waals surface area contributed by atoms with Crippen molar-refractivity contribution in [2.45, 2.75) is 0 Å². The zero-order chi connectivity index (χ0) is 20.5. The summed E-state index contributed by atoms with van der Waals surface area (Å²) in [7, 11) is 5.35. The smallest absolute Gasteiger partial charge is 0.349 e. The van der Waals surface area contributed by atoms with Gasteiger partial charge >= 0.3 is 5.97 Å². The number of ether oxygens (including phenoxy) is 2. The molecule has 2 aromatic rings. The molecule has 0 aliphatic heterocycles. The molecule has 0 saturated heterocycles. The summed E-state index contributed by atoms with van der Waals surface area (Å²) in [6, 6.07) is 15.9. The van der Waals surface area contributed by atoms with Gasteiger partial charge in [-0.2, -0.15) is 5.26 Å². The van der Waals surface area contributed by atoms with Gasteiger partial charge in [-0.25, -0.2) is 4.79 Å². The Kier molecular flexibility index (Phi) is 7.17. The maximum absolute atomic E-state index is 12.1. The number of hydrogen-bond acceptors (Lipinski definition) is 6. The van der Waals surface area contributed by atoms with Crippen molar-refractivity contribution in [1.82, 2.24) is 0 Å². The van der Waals surface area contributed by atoms with Gasteiger partial charge < -0.3 is 19.7 Å². The molecule has 0 atom stereocenters. The predicted octanol–water partition coefficient (Wildman–Crippen LogP) is 2.85. The van der Waals surface area contributed by atoms with E-state index in [0.717, 1.165) is 5.69 Å². The summed E-state index contributed by atoms with van der Waals surface area (Å²) in [6.45, 7) is -0.495. The SMILES string of the molecule is COc1cccc(/C=C(\C#N)C(=O)OCC(=O)Nc2ccc(N(C)C)cc2)c1. The number of methoxy groups -OCH3 is 1. The van der Waals surface area contributed by atoms with E-state index in [2.05, 4.69) is 5.32 Å². The second kappa shape index (κ2) is 9.78. The fourth-order valence-corrected chi connectivity index (χ4v) is 2.28. The van der Waals surface area contributed by atoms with E-state index in [9.17, 15) is 14.9 Å². The summed E-state index contributed by atoms with van der Waals surface area (Å²) in [4.78, 5) is 26.0. The van der Waals surface area contributed by atoms with Gasteiger partial charge in [0.25, 0.3) is 5.91 Å². The number of nitriles is 1. The van der Waals surface area contributed by atoms with Gasteiger partial charge in [-0.15, -0.1) is 0 Å². The molecule has 0 bridgehead atoms.